The molecule has 6 rings (SSSR count). The second-order valence-corrected chi connectivity index (χ2v) is 23.8. The number of hydrogen-bond acceptors (Lipinski definition) is 20. The Kier molecular flexibility index (Phi) is 26.7. The smallest absolute Gasteiger partial charge is 0.323 e. The fourth-order valence-corrected chi connectivity index (χ4v) is 11.4. The quantitative estimate of drug-likeness (QED) is 0.0191. The van der Waals surface area contributed by atoms with Crippen molar-refractivity contribution in [3.05, 3.63) is 119 Å². The van der Waals surface area contributed by atoms with Gasteiger partial charge in [-0.15, -0.1) is 0 Å². The number of nitrogens with zero attached hydrogens (tertiary/aromatic N) is 6. The second kappa shape index (κ2) is 34.0. The number of anilines is 1. The zero-order chi connectivity index (χ0) is 62.9. The molecule has 0 bridgehead atoms. The number of imidazole rings is 1. The minimum atomic E-state index is -4.45. The van der Waals surface area contributed by atoms with Gasteiger partial charge in [0.05, 0.1) is 80.3 Å². The highest BCUT2D eigenvalue weighted by molar-refractivity contribution is 7.89. The fourth-order valence-electron chi connectivity index (χ4n) is 9.10. The highest BCUT2D eigenvalue weighted by atomic mass is 32.2. The summed E-state index contributed by atoms with van der Waals surface area (Å²) in [5.74, 6) is -4.23. The molecule has 10 N–H and O–H groups in total. The van der Waals surface area contributed by atoms with Gasteiger partial charge in [-0.05, 0) is 59.5 Å². The van der Waals surface area contributed by atoms with Gasteiger partial charge in [0.15, 0.2) is 5.95 Å². The summed E-state index contributed by atoms with van der Waals surface area (Å²) in [6.07, 6.45) is 4.96. The van der Waals surface area contributed by atoms with Crippen LogP contribution in [0.15, 0.2) is 112 Å². The maximum absolute atomic E-state index is 13.4. The maximum atomic E-state index is 13.4. The molecule has 2 aromatic heterocycles. The molecule has 1 aliphatic rings. The van der Waals surface area contributed by atoms with E-state index in [4.69, 9.17) is 14.2 Å². The van der Waals surface area contributed by atoms with Crippen LogP contribution in [0.1, 0.15) is 22.3 Å². The van der Waals surface area contributed by atoms with Crippen molar-refractivity contribution in [2.75, 3.05) is 143 Å². The first kappa shape index (κ1) is 68.4. The molecule has 0 aliphatic carbocycles. The van der Waals surface area contributed by atoms with Crippen LogP contribution in [0.2, 0.25) is 0 Å². The average molecular weight is 1250 g/mol. The first-order valence-electron chi connectivity index (χ1n) is 27.9. The Morgan fingerprint density at radius 1 is 0.667 bits per heavy atom. The lowest BCUT2D eigenvalue weighted by atomic mass is 10.1. The normalized spacial score (nSPS) is 14.8. The number of rotatable bonds is 34. The van der Waals surface area contributed by atoms with Gasteiger partial charge in [-0.2, -0.15) is 4.72 Å². The maximum Gasteiger partial charge on any atom is 0.323 e. The van der Waals surface area contributed by atoms with Crippen LogP contribution in [-0.2, 0) is 67.0 Å². The number of carboxylic acids is 3. The van der Waals surface area contributed by atoms with E-state index in [1.54, 1.807) is 64.1 Å². The van der Waals surface area contributed by atoms with Crippen molar-refractivity contribution in [3.63, 3.8) is 0 Å². The highest BCUT2D eigenvalue weighted by Gasteiger charge is 2.28. The van der Waals surface area contributed by atoms with E-state index in [1.165, 1.54) is 42.6 Å². The molecule has 0 spiro atoms. The molecule has 2 amide bonds. The molecule has 5 aromatic rings. The number of aryl methyl sites for hydroxylation is 1. The highest BCUT2D eigenvalue weighted by Crippen LogP contribution is 2.24. The third-order valence-electron chi connectivity index (χ3n) is 13.7. The van der Waals surface area contributed by atoms with Gasteiger partial charge >= 0.3 is 17.9 Å². The van der Waals surface area contributed by atoms with Crippen LogP contribution in [-0.4, -0.2) is 245 Å². The molecule has 474 valence electrons. The molecule has 0 unspecified atom stereocenters. The number of fused-ring (bicyclic) bond motifs is 1. The summed E-state index contributed by atoms with van der Waals surface area (Å²) in [5.41, 5.74) is 1.60. The summed E-state index contributed by atoms with van der Waals surface area (Å²) in [6.45, 7) is 7.91. The predicted molar refractivity (Wildman–Crippen MR) is 319 cm³/mol. The van der Waals surface area contributed by atoms with Crippen LogP contribution >= 0.6 is 0 Å². The van der Waals surface area contributed by atoms with Gasteiger partial charge in [0, 0.05) is 116 Å². The number of pyridine rings is 1. The Morgan fingerprint density at radius 3 is 1.72 bits per heavy atom. The summed E-state index contributed by atoms with van der Waals surface area (Å²) in [7, 11) is -6.70. The topological polar surface area (TPSA) is 386 Å². The molecule has 87 heavy (non-hydrogen) atoms. The van der Waals surface area contributed by atoms with E-state index >= 15 is 0 Å². The van der Waals surface area contributed by atoms with Crippen molar-refractivity contribution >= 4 is 66.6 Å². The Morgan fingerprint density at radius 2 is 1.20 bits per heavy atom. The Balaban J connectivity index is 0.838. The second-order valence-electron chi connectivity index (χ2n) is 20.3. The van der Waals surface area contributed by atoms with Crippen LogP contribution in [0.4, 0.5) is 5.95 Å². The summed E-state index contributed by atoms with van der Waals surface area (Å²) >= 11 is 0. The predicted octanol–water partition coefficient (Wildman–Crippen LogP) is -0.000900. The number of carboxylic acid groups (broad SMARTS) is 3. The molecule has 1 atom stereocenters. The molecule has 3 heterocycles. The van der Waals surface area contributed by atoms with Gasteiger partial charge < -0.3 is 60.1 Å². The van der Waals surface area contributed by atoms with E-state index in [0.29, 0.717) is 87.9 Å². The van der Waals surface area contributed by atoms with E-state index in [0.717, 1.165) is 5.56 Å². The molecule has 0 saturated carbocycles. The number of amides is 2. The van der Waals surface area contributed by atoms with Crippen LogP contribution in [0.25, 0.3) is 22.0 Å². The minimum absolute atomic E-state index is 0.00644. The number of nitrogens with one attached hydrogen (secondary N) is 6. The van der Waals surface area contributed by atoms with Gasteiger partial charge in [-0.1, -0.05) is 36.9 Å². The Hall–Kier alpha value is -7.69. The number of H-pyrrole nitrogens is 1. The number of aliphatic hydroxyl groups excluding tert-OH is 1. The first-order chi connectivity index (χ1) is 41.6. The van der Waals surface area contributed by atoms with E-state index in [1.807, 2.05) is 9.80 Å². The lowest BCUT2D eigenvalue weighted by Crippen LogP contribution is -2.49. The Bertz CT molecular complexity index is 3360. The number of aliphatic hydroxyl groups is 1. The van der Waals surface area contributed by atoms with Gasteiger partial charge in [-0.3, -0.25) is 48.4 Å². The van der Waals surface area contributed by atoms with Crippen LogP contribution in [0.3, 0.4) is 0 Å². The molecule has 1 saturated heterocycles. The van der Waals surface area contributed by atoms with E-state index in [2.05, 4.69) is 41.9 Å². The number of hydrogen-bond donors (Lipinski definition) is 10. The van der Waals surface area contributed by atoms with Gasteiger partial charge in [0.2, 0.25) is 31.4 Å². The van der Waals surface area contributed by atoms with Crippen molar-refractivity contribution in [2.45, 2.75) is 28.8 Å². The zero-order valence-corrected chi connectivity index (χ0v) is 49.9. The number of aromatic nitrogens is 3. The lowest BCUT2D eigenvalue weighted by molar-refractivity contribution is -0.140. The molecular formula is C56H76N12O17S2. The summed E-state index contributed by atoms with van der Waals surface area (Å²) in [5, 5.41) is 47.2. The monoisotopic (exact) mass is 1250 g/mol. The summed E-state index contributed by atoms with van der Waals surface area (Å²) in [4.78, 5) is 88.8. The number of carbonyl (C=O) groups excluding carboxylic acids is 2. The SMILES string of the molecule is C=C(O)CN1CCN(CC(=O)O)CCN(CC(=O)O)CCN(CC(=O)NCCOCCOCCOCCCNS(=O)(=O)c2ccc(-c3ccc(S(=O)(=O)N[C@@H](CNC(=O)c4cn(C)c5cc(CNc6ncc[nH]6)ccc5c4=O)C(=O)O)cc3)cc2)CC1. The van der Waals surface area contributed by atoms with Crippen molar-refractivity contribution in [2.24, 2.45) is 7.05 Å². The molecular weight excluding hydrogens is 1180 g/mol. The van der Waals surface area contributed by atoms with E-state index in [-0.39, 0.29) is 111 Å². The molecule has 0 radical (unpaired) electrons. The van der Waals surface area contributed by atoms with Crippen LogP contribution < -0.4 is 30.8 Å². The van der Waals surface area contributed by atoms with Gasteiger partial charge in [0.25, 0.3) is 5.91 Å². The number of carbonyl (C=O) groups is 5. The van der Waals surface area contributed by atoms with Crippen molar-refractivity contribution in [1.29, 1.82) is 0 Å². The molecule has 3 aromatic carbocycles. The first-order valence-corrected chi connectivity index (χ1v) is 30.8. The van der Waals surface area contributed by atoms with Gasteiger partial charge in [-0.25, -0.2) is 26.5 Å². The van der Waals surface area contributed by atoms with Crippen molar-refractivity contribution < 1.29 is 75.4 Å². The third kappa shape index (κ3) is 22.8. The van der Waals surface area contributed by atoms with E-state index in [9.17, 15) is 66.0 Å². The zero-order valence-electron chi connectivity index (χ0n) is 48.2. The number of ether oxygens (including phenoxy) is 3. The number of aromatic amines is 1. The molecule has 29 nitrogen and oxygen atoms in total. The molecule has 31 heteroatoms. The number of benzene rings is 3. The third-order valence-corrected chi connectivity index (χ3v) is 16.6. The minimum Gasteiger partial charge on any atom is -0.512 e. The standard InChI is InChI=1S/C56H76N12O17S2/c1-40(69)35-65-18-20-66(21-23-68(39-52(73)74)25-24-67(22-19-65)38-51(71)72)37-50(70)57-17-27-84-29-31-85-30-28-83-26-3-14-62-86(79,80)44-9-5-42(6-10-44)43-7-11-45(12-8-43)87(81,82)63-48(55(77)78)34-60-54(76)47-36-64(2)49-32-41(4-13-46(49)53(47)75)33-61-56-58-15-16-59-56/h4-13,15-16,32,36,48,62-63,69H,1,3,14,17-31,33-35,37-39H2,2H3,(H,57,70)(H,60,76)(H,71,72)(H,73,74)(H,77,78)(H2,58,59,61)/t48-/m0/s1. The largest absolute Gasteiger partial charge is 0.512 e. The summed E-state index contributed by atoms with van der Waals surface area (Å²) in [6, 6.07) is 14.6. The van der Waals surface area contributed by atoms with Gasteiger partial charge in [0.1, 0.15) is 11.6 Å². The van der Waals surface area contributed by atoms with Crippen molar-refractivity contribution in [3.8, 4) is 11.1 Å². The lowest BCUT2D eigenvalue weighted by Gasteiger charge is -2.33. The molecule has 1 fully saturated rings. The number of sulfonamides is 2. The summed E-state index contributed by atoms with van der Waals surface area (Å²) < 4.78 is 75.7. The van der Waals surface area contributed by atoms with Crippen molar-refractivity contribution in [1.82, 2.24) is 54.2 Å². The van der Waals surface area contributed by atoms with Crippen LogP contribution in [0.5, 0.6) is 0 Å². The van der Waals surface area contributed by atoms with E-state index < -0.39 is 61.9 Å². The molecule has 1 aliphatic heterocycles. The van der Waals surface area contributed by atoms with Crippen LogP contribution in [0, 0.1) is 0 Å². The Labute approximate surface area is 503 Å². The number of aliphatic carboxylic acids is 3. The fraction of sp³-hybridized carbons (Fsp3) is 0.446. The average Bonchev–Trinajstić information content (AvgIpc) is 3.36.